The predicted molar refractivity (Wildman–Crippen MR) is 81.7 cm³/mol. The summed E-state index contributed by atoms with van der Waals surface area (Å²) in [5.74, 6) is 0.745. The smallest absolute Gasteiger partial charge is 0.373 e. The Morgan fingerprint density at radius 1 is 1.25 bits per heavy atom. The maximum Gasteiger partial charge on any atom is 0.416 e. The van der Waals surface area contributed by atoms with Crippen molar-refractivity contribution in [2.75, 3.05) is 13.2 Å². The number of nitrogens with zero attached hydrogens (tertiary/aromatic N) is 2. The Morgan fingerprint density at radius 3 is 2.62 bits per heavy atom. The van der Waals surface area contributed by atoms with E-state index in [2.05, 4.69) is 10.4 Å². The SMILES string of the molecule is FC(F)(F)c1ccc(-n2cc(CNCC34CC(CO3)C4)cn2)cc1. The minimum atomic E-state index is -4.32. The van der Waals surface area contributed by atoms with Crippen molar-refractivity contribution in [3.05, 3.63) is 47.8 Å². The zero-order valence-corrected chi connectivity index (χ0v) is 13.0. The molecule has 1 aromatic carbocycles. The molecule has 0 amide bonds. The molecule has 0 atom stereocenters. The Kier molecular flexibility index (Phi) is 3.65. The van der Waals surface area contributed by atoms with Gasteiger partial charge in [0.15, 0.2) is 0 Å². The minimum absolute atomic E-state index is 0.0358. The lowest BCUT2D eigenvalue weighted by atomic mass is 9.74. The van der Waals surface area contributed by atoms with Crippen molar-refractivity contribution in [3.8, 4) is 5.69 Å². The molecule has 0 radical (unpaired) electrons. The highest BCUT2D eigenvalue weighted by atomic mass is 19.4. The van der Waals surface area contributed by atoms with Gasteiger partial charge < -0.3 is 10.1 Å². The van der Waals surface area contributed by atoms with Gasteiger partial charge in [0.2, 0.25) is 0 Å². The minimum Gasteiger partial charge on any atom is -0.373 e. The summed E-state index contributed by atoms with van der Waals surface area (Å²) in [6, 6.07) is 4.98. The summed E-state index contributed by atoms with van der Waals surface area (Å²) in [5, 5.41) is 7.61. The van der Waals surface area contributed by atoms with E-state index in [-0.39, 0.29) is 5.60 Å². The van der Waals surface area contributed by atoms with Crippen molar-refractivity contribution < 1.29 is 17.9 Å². The van der Waals surface area contributed by atoms with E-state index in [9.17, 15) is 13.2 Å². The maximum atomic E-state index is 12.6. The molecule has 1 aliphatic carbocycles. The van der Waals surface area contributed by atoms with Gasteiger partial charge in [-0.05, 0) is 43.0 Å². The van der Waals surface area contributed by atoms with Gasteiger partial charge in [-0.25, -0.2) is 4.68 Å². The molecular weight excluding hydrogens is 319 g/mol. The topological polar surface area (TPSA) is 39.1 Å². The van der Waals surface area contributed by atoms with Crippen molar-refractivity contribution in [1.82, 2.24) is 15.1 Å². The van der Waals surface area contributed by atoms with Crippen LogP contribution in [0.4, 0.5) is 13.2 Å². The highest BCUT2D eigenvalue weighted by molar-refractivity contribution is 5.35. The van der Waals surface area contributed by atoms with Crippen molar-refractivity contribution in [2.24, 2.45) is 5.92 Å². The molecule has 2 bridgehead atoms. The van der Waals surface area contributed by atoms with E-state index in [0.29, 0.717) is 12.2 Å². The van der Waals surface area contributed by atoms with Crippen LogP contribution in [0.5, 0.6) is 0 Å². The molecule has 3 heterocycles. The van der Waals surface area contributed by atoms with E-state index < -0.39 is 11.7 Å². The largest absolute Gasteiger partial charge is 0.416 e. The molecule has 7 heteroatoms. The lowest BCUT2D eigenvalue weighted by Gasteiger charge is -2.36. The first-order valence-corrected chi connectivity index (χ1v) is 7.99. The highest BCUT2D eigenvalue weighted by Crippen LogP contribution is 2.47. The molecule has 1 N–H and O–H groups in total. The maximum absolute atomic E-state index is 12.6. The quantitative estimate of drug-likeness (QED) is 0.911. The van der Waals surface area contributed by atoms with Crippen molar-refractivity contribution >= 4 is 0 Å². The molecule has 3 aliphatic rings. The van der Waals surface area contributed by atoms with Crippen molar-refractivity contribution in [2.45, 2.75) is 31.2 Å². The van der Waals surface area contributed by atoms with Crippen molar-refractivity contribution in [3.63, 3.8) is 0 Å². The normalized spacial score (nSPS) is 25.7. The summed E-state index contributed by atoms with van der Waals surface area (Å²) < 4.78 is 45.1. The fourth-order valence-corrected chi connectivity index (χ4v) is 3.55. The number of alkyl halides is 3. The van der Waals surface area contributed by atoms with E-state index in [1.807, 2.05) is 6.20 Å². The first-order valence-electron chi connectivity index (χ1n) is 7.99. The second-order valence-electron chi connectivity index (χ2n) is 6.71. The summed E-state index contributed by atoms with van der Waals surface area (Å²) in [7, 11) is 0. The molecule has 24 heavy (non-hydrogen) atoms. The van der Waals surface area contributed by atoms with Gasteiger partial charge in [0.25, 0.3) is 0 Å². The zero-order chi connectivity index (χ0) is 16.8. The Labute approximate surface area is 137 Å². The standard InChI is InChI=1S/C17H18F3N3O/c18-17(19,20)14-1-3-15(4-2-14)23-9-13(8-22-23)7-21-11-16-5-12(6-16)10-24-16/h1-4,8-9,12,21H,5-7,10-11H2. The van der Waals surface area contributed by atoms with E-state index in [1.54, 1.807) is 10.9 Å². The van der Waals surface area contributed by atoms with Gasteiger partial charge in [0, 0.05) is 24.8 Å². The number of ether oxygens (including phenoxy) is 1. The van der Waals surface area contributed by atoms with Crippen LogP contribution in [-0.2, 0) is 17.5 Å². The van der Waals surface area contributed by atoms with Gasteiger partial charge in [0.1, 0.15) is 0 Å². The third kappa shape index (κ3) is 2.93. The van der Waals surface area contributed by atoms with Crippen LogP contribution in [0.2, 0.25) is 0 Å². The number of hydrogen-bond donors (Lipinski definition) is 1. The molecule has 2 aliphatic heterocycles. The van der Waals surface area contributed by atoms with Crippen LogP contribution in [0.1, 0.15) is 24.0 Å². The monoisotopic (exact) mass is 337 g/mol. The molecule has 1 saturated carbocycles. The number of nitrogens with one attached hydrogen (secondary N) is 1. The number of fused-ring (bicyclic) bond motifs is 1. The van der Waals surface area contributed by atoms with E-state index in [0.717, 1.165) is 49.6 Å². The van der Waals surface area contributed by atoms with E-state index in [1.165, 1.54) is 12.1 Å². The Bertz CT molecular complexity index is 712. The third-order valence-electron chi connectivity index (χ3n) is 4.82. The zero-order valence-electron chi connectivity index (χ0n) is 13.0. The lowest BCUT2D eigenvalue weighted by Crippen LogP contribution is -2.45. The molecule has 0 spiro atoms. The Morgan fingerprint density at radius 2 is 2.00 bits per heavy atom. The van der Waals surface area contributed by atoms with Crippen LogP contribution in [0.15, 0.2) is 36.7 Å². The van der Waals surface area contributed by atoms with Crippen LogP contribution in [0, 0.1) is 5.92 Å². The second-order valence-corrected chi connectivity index (χ2v) is 6.71. The number of aromatic nitrogens is 2. The van der Waals surface area contributed by atoms with Crippen LogP contribution in [0.25, 0.3) is 5.69 Å². The fraction of sp³-hybridized carbons (Fsp3) is 0.471. The van der Waals surface area contributed by atoms with Crippen LogP contribution in [0.3, 0.4) is 0 Å². The Hall–Kier alpha value is -1.86. The fourth-order valence-electron chi connectivity index (χ4n) is 3.55. The van der Waals surface area contributed by atoms with Gasteiger partial charge in [-0.1, -0.05) is 0 Å². The van der Waals surface area contributed by atoms with Crippen molar-refractivity contribution in [1.29, 1.82) is 0 Å². The average molecular weight is 337 g/mol. The lowest BCUT2D eigenvalue weighted by molar-refractivity contribution is -0.137. The summed E-state index contributed by atoms with van der Waals surface area (Å²) in [4.78, 5) is 0. The molecule has 2 aromatic rings. The number of halogens is 3. The number of rotatable bonds is 5. The highest BCUT2D eigenvalue weighted by Gasteiger charge is 2.51. The predicted octanol–water partition coefficient (Wildman–Crippen LogP) is 3.16. The molecule has 1 aromatic heterocycles. The molecule has 0 unspecified atom stereocenters. The number of benzene rings is 1. The van der Waals surface area contributed by atoms with Crippen LogP contribution in [-0.4, -0.2) is 28.5 Å². The second kappa shape index (κ2) is 5.60. The van der Waals surface area contributed by atoms with Crippen LogP contribution < -0.4 is 5.32 Å². The molecule has 3 fully saturated rings. The molecule has 5 rings (SSSR count). The summed E-state index contributed by atoms with van der Waals surface area (Å²) in [5.41, 5.74) is 0.970. The van der Waals surface area contributed by atoms with Gasteiger partial charge in [0.05, 0.1) is 29.7 Å². The molecule has 128 valence electrons. The van der Waals surface area contributed by atoms with Gasteiger partial charge in [-0.2, -0.15) is 18.3 Å². The first kappa shape index (κ1) is 15.7. The van der Waals surface area contributed by atoms with Gasteiger partial charge >= 0.3 is 6.18 Å². The summed E-state index contributed by atoms with van der Waals surface area (Å²) >= 11 is 0. The van der Waals surface area contributed by atoms with Crippen LogP contribution >= 0.6 is 0 Å². The van der Waals surface area contributed by atoms with E-state index >= 15 is 0 Å². The average Bonchev–Trinajstić information content (AvgIpc) is 3.21. The summed E-state index contributed by atoms with van der Waals surface area (Å²) in [6.07, 6.45) is 1.52. The molecular formula is C17H18F3N3O. The third-order valence-corrected chi connectivity index (χ3v) is 4.82. The number of hydrogen-bond acceptors (Lipinski definition) is 3. The summed E-state index contributed by atoms with van der Waals surface area (Å²) in [6.45, 7) is 2.37. The first-order chi connectivity index (χ1) is 11.4. The van der Waals surface area contributed by atoms with Gasteiger partial charge in [-0.3, -0.25) is 0 Å². The molecule has 4 nitrogen and oxygen atoms in total. The molecule has 2 saturated heterocycles. The van der Waals surface area contributed by atoms with Gasteiger partial charge in [-0.15, -0.1) is 0 Å². The van der Waals surface area contributed by atoms with E-state index in [4.69, 9.17) is 4.74 Å². The Balaban J connectivity index is 1.36.